The first-order valence-corrected chi connectivity index (χ1v) is 8.61. The van der Waals surface area contributed by atoms with Crippen molar-refractivity contribution in [2.24, 2.45) is 0 Å². The summed E-state index contributed by atoms with van der Waals surface area (Å²) < 4.78 is 6.28. The van der Waals surface area contributed by atoms with Crippen molar-refractivity contribution in [2.75, 3.05) is 6.61 Å². The van der Waals surface area contributed by atoms with Gasteiger partial charge in [0.1, 0.15) is 5.75 Å². The van der Waals surface area contributed by atoms with Crippen LogP contribution in [0.15, 0.2) is 29.1 Å². The number of benzene rings is 1. The number of aromatic amines is 2. The summed E-state index contributed by atoms with van der Waals surface area (Å²) in [5.41, 5.74) is 2.52. The molecular weight excluding hydrogens is 308 g/mol. The molecule has 1 aromatic heterocycles. The van der Waals surface area contributed by atoms with Crippen LogP contribution < -0.4 is 10.3 Å². The van der Waals surface area contributed by atoms with Crippen molar-refractivity contribution in [3.05, 3.63) is 56.2 Å². The molecule has 0 amide bonds. The molecule has 1 heterocycles. The second-order valence-electron chi connectivity index (χ2n) is 5.56. The third-order valence-electron chi connectivity index (χ3n) is 3.83. The van der Waals surface area contributed by atoms with Crippen LogP contribution in [-0.4, -0.2) is 16.6 Å². The fourth-order valence-electron chi connectivity index (χ4n) is 2.56. The summed E-state index contributed by atoms with van der Waals surface area (Å²) in [5, 5.41) is 0. The number of unbranched alkanes of at least 4 members (excludes halogenated alkanes) is 2. The van der Waals surface area contributed by atoms with E-state index in [0.717, 1.165) is 41.8 Å². The van der Waals surface area contributed by atoms with Crippen LogP contribution in [0.3, 0.4) is 0 Å². The van der Waals surface area contributed by atoms with Crippen molar-refractivity contribution in [3.63, 3.8) is 0 Å². The number of ether oxygens (including phenoxy) is 1. The van der Waals surface area contributed by atoms with Crippen LogP contribution in [0.25, 0.3) is 0 Å². The Morgan fingerprint density at radius 3 is 2.65 bits per heavy atom. The molecule has 0 unspecified atom stereocenters. The van der Waals surface area contributed by atoms with Gasteiger partial charge in [-0.1, -0.05) is 44.9 Å². The van der Waals surface area contributed by atoms with Gasteiger partial charge in [0.2, 0.25) is 0 Å². The zero-order valence-corrected chi connectivity index (χ0v) is 14.6. The maximum atomic E-state index is 12.3. The summed E-state index contributed by atoms with van der Waals surface area (Å²) in [4.78, 5) is 18.0. The average Bonchev–Trinajstić information content (AvgIpc) is 2.55. The van der Waals surface area contributed by atoms with E-state index < -0.39 is 0 Å². The Bertz CT molecular complexity index is 749. The van der Waals surface area contributed by atoms with Gasteiger partial charge < -0.3 is 9.72 Å². The van der Waals surface area contributed by atoms with Crippen LogP contribution >= 0.6 is 12.2 Å². The Morgan fingerprint density at radius 2 is 1.91 bits per heavy atom. The predicted octanol–water partition coefficient (Wildman–Crippen LogP) is 4.15. The molecule has 2 N–H and O–H groups in total. The second kappa shape index (κ2) is 8.67. The monoisotopic (exact) mass is 332 g/mol. The first kappa shape index (κ1) is 17.5. The molecule has 0 spiro atoms. The van der Waals surface area contributed by atoms with Gasteiger partial charge in [-0.3, -0.25) is 9.78 Å². The van der Waals surface area contributed by atoms with E-state index in [4.69, 9.17) is 17.0 Å². The Kier molecular flexibility index (Phi) is 6.59. The summed E-state index contributed by atoms with van der Waals surface area (Å²) in [5.74, 6) is 0.854. The van der Waals surface area contributed by atoms with Gasteiger partial charge in [0.15, 0.2) is 4.77 Å². The van der Waals surface area contributed by atoms with E-state index >= 15 is 0 Å². The quantitative estimate of drug-likeness (QED) is 0.564. The number of rotatable bonds is 8. The van der Waals surface area contributed by atoms with Gasteiger partial charge in [0.05, 0.1) is 6.61 Å². The standard InChI is InChI=1S/C18H24N2O2S/c1-3-5-8-11-22-16-10-7-6-9-13(16)12-14-15(4-2)19-18(23)20-17(14)21/h6-7,9-10H,3-5,8,11-12H2,1-2H3,(H2,19,20,21,23). The lowest BCUT2D eigenvalue weighted by atomic mass is 10.0. The van der Waals surface area contributed by atoms with Crippen LogP contribution in [0.2, 0.25) is 0 Å². The minimum Gasteiger partial charge on any atom is -0.493 e. The van der Waals surface area contributed by atoms with E-state index in [-0.39, 0.29) is 5.56 Å². The summed E-state index contributed by atoms with van der Waals surface area (Å²) in [6.45, 7) is 4.89. The molecule has 0 saturated heterocycles. The SMILES string of the molecule is CCCCCOc1ccccc1Cc1c(CC)[nH]c(=S)[nH]c1=O. The lowest BCUT2D eigenvalue weighted by Crippen LogP contribution is -2.18. The molecule has 5 heteroatoms. The number of nitrogens with one attached hydrogen (secondary N) is 2. The molecule has 0 atom stereocenters. The van der Waals surface area contributed by atoms with Crippen molar-refractivity contribution < 1.29 is 4.74 Å². The highest BCUT2D eigenvalue weighted by Crippen LogP contribution is 2.21. The van der Waals surface area contributed by atoms with Gasteiger partial charge in [-0.25, -0.2) is 0 Å². The van der Waals surface area contributed by atoms with Gasteiger partial charge >= 0.3 is 0 Å². The number of para-hydroxylation sites is 1. The first-order valence-electron chi connectivity index (χ1n) is 8.20. The van der Waals surface area contributed by atoms with E-state index in [9.17, 15) is 4.79 Å². The Labute approximate surface area is 141 Å². The van der Waals surface area contributed by atoms with Crippen LogP contribution in [0, 0.1) is 4.77 Å². The molecule has 0 fully saturated rings. The van der Waals surface area contributed by atoms with Gasteiger partial charge in [-0.05, 0) is 36.7 Å². The number of hydrogen-bond donors (Lipinski definition) is 2. The molecule has 2 aromatic rings. The van der Waals surface area contributed by atoms with Crippen LogP contribution in [0.4, 0.5) is 0 Å². The normalized spacial score (nSPS) is 10.7. The fourth-order valence-corrected chi connectivity index (χ4v) is 2.78. The van der Waals surface area contributed by atoms with Gasteiger partial charge in [0.25, 0.3) is 5.56 Å². The molecule has 1 aromatic carbocycles. The molecule has 4 nitrogen and oxygen atoms in total. The molecule has 0 radical (unpaired) electrons. The molecule has 0 aliphatic carbocycles. The van der Waals surface area contributed by atoms with Crippen molar-refractivity contribution in [3.8, 4) is 5.75 Å². The number of hydrogen-bond acceptors (Lipinski definition) is 3. The minimum atomic E-state index is -0.119. The molecule has 0 aliphatic rings. The molecule has 0 bridgehead atoms. The van der Waals surface area contributed by atoms with E-state index in [1.807, 2.05) is 31.2 Å². The zero-order chi connectivity index (χ0) is 16.7. The molecular formula is C18H24N2O2S. The lowest BCUT2D eigenvalue weighted by molar-refractivity contribution is 0.303. The summed E-state index contributed by atoms with van der Waals surface area (Å²) in [7, 11) is 0. The second-order valence-corrected chi connectivity index (χ2v) is 5.97. The molecule has 0 aliphatic heterocycles. The Balaban J connectivity index is 2.24. The van der Waals surface area contributed by atoms with Crippen molar-refractivity contribution in [1.82, 2.24) is 9.97 Å². The predicted molar refractivity (Wildman–Crippen MR) is 95.9 cm³/mol. The molecule has 124 valence electrons. The average molecular weight is 332 g/mol. The maximum Gasteiger partial charge on any atom is 0.255 e. The Morgan fingerprint density at radius 1 is 1.13 bits per heavy atom. The number of aromatic nitrogens is 2. The third-order valence-corrected chi connectivity index (χ3v) is 4.03. The highest BCUT2D eigenvalue weighted by Gasteiger charge is 2.11. The van der Waals surface area contributed by atoms with Crippen LogP contribution in [0.1, 0.15) is 49.9 Å². The lowest BCUT2D eigenvalue weighted by Gasteiger charge is -2.12. The third kappa shape index (κ3) is 4.79. The molecule has 23 heavy (non-hydrogen) atoms. The van der Waals surface area contributed by atoms with E-state index in [2.05, 4.69) is 16.9 Å². The number of aryl methyl sites for hydroxylation is 1. The maximum absolute atomic E-state index is 12.3. The van der Waals surface area contributed by atoms with Gasteiger partial charge in [0, 0.05) is 17.7 Å². The first-order chi connectivity index (χ1) is 11.2. The molecule has 0 saturated carbocycles. The van der Waals surface area contributed by atoms with Gasteiger partial charge in [-0.2, -0.15) is 0 Å². The van der Waals surface area contributed by atoms with Crippen LogP contribution in [0.5, 0.6) is 5.75 Å². The number of H-pyrrole nitrogens is 2. The molecule has 2 rings (SSSR count). The fraction of sp³-hybridized carbons (Fsp3) is 0.444. The van der Waals surface area contributed by atoms with Crippen molar-refractivity contribution in [1.29, 1.82) is 0 Å². The highest BCUT2D eigenvalue weighted by molar-refractivity contribution is 7.71. The summed E-state index contributed by atoms with van der Waals surface area (Å²) in [6, 6.07) is 7.91. The van der Waals surface area contributed by atoms with E-state index in [1.54, 1.807) is 0 Å². The largest absolute Gasteiger partial charge is 0.493 e. The summed E-state index contributed by atoms with van der Waals surface area (Å²) in [6.07, 6.45) is 4.65. The van der Waals surface area contributed by atoms with E-state index in [0.29, 0.717) is 17.8 Å². The topological polar surface area (TPSA) is 57.9 Å². The van der Waals surface area contributed by atoms with Crippen molar-refractivity contribution >= 4 is 12.2 Å². The highest BCUT2D eigenvalue weighted by atomic mass is 32.1. The summed E-state index contributed by atoms with van der Waals surface area (Å²) >= 11 is 5.05. The van der Waals surface area contributed by atoms with E-state index in [1.165, 1.54) is 6.42 Å². The van der Waals surface area contributed by atoms with Crippen molar-refractivity contribution in [2.45, 2.75) is 46.0 Å². The Hall–Kier alpha value is -1.88. The van der Waals surface area contributed by atoms with Crippen LogP contribution in [-0.2, 0) is 12.8 Å². The van der Waals surface area contributed by atoms with Gasteiger partial charge in [-0.15, -0.1) is 0 Å². The minimum absolute atomic E-state index is 0.119. The zero-order valence-electron chi connectivity index (χ0n) is 13.8. The smallest absolute Gasteiger partial charge is 0.255 e.